The van der Waals surface area contributed by atoms with Gasteiger partial charge in [0.2, 0.25) is 11.8 Å². The lowest BCUT2D eigenvalue weighted by molar-refractivity contribution is -0.138. The van der Waals surface area contributed by atoms with Crippen molar-refractivity contribution in [2.24, 2.45) is 11.3 Å². The van der Waals surface area contributed by atoms with Crippen molar-refractivity contribution in [1.29, 1.82) is 0 Å². The Bertz CT molecular complexity index is 822. The van der Waals surface area contributed by atoms with Gasteiger partial charge in [-0.3, -0.25) is 14.5 Å². The summed E-state index contributed by atoms with van der Waals surface area (Å²) in [4.78, 5) is 29.1. The zero-order valence-electron chi connectivity index (χ0n) is 16.7. The number of fused-ring (bicyclic) bond motifs is 4. The van der Waals surface area contributed by atoms with Gasteiger partial charge in [-0.15, -0.1) is 0 Å². The van der Waals surface area contributed by atoms with Crippen molar-refractivity contribution in [2.45, 2.75) is 43.7 Å². The summed E-state index contributed by atoms with van der Waals surface area (Å²) in [7, 11) is 0. The molecule has 0 radical (unpaired) electrons. The lowest BCUT2D eigenvalue weighted by atomic mass is 9.77. The lowest BCUT2D eigenvalue weighted by Gasteiger charge is -2.38. The van der Waals surface area contributed by atoms with E-state index >= 15 is 0 Å². The van der Waals surface area contributed by atoms with Gasteiger partial charge in [0.25, 0.3) is 0 Å². The standard InChI is InChI=1S/C22H29N3O4/c26-14-21(7-10-29-11-8-21)13-23-19(27)17-12-15-4-3-9-25(15)22(17)16-5-1-2-6-18(16)24-20(22)28/h1-2,5-6,15,17,26H,3-4,7-14H2,(H,23,27)(H,24,28)/t15-,17+,22+/m1/s1. The quantitative estimate of drug-likeness (QED) is 0.708. The number of benzene rings is 1. The van der Waals surface area contributed by atoms with Crippen LogP contribution in [0.3, 0.4) is 0 Å². The molecule has 1 aromatic rings. The SMILES string of the molecule is O=C(NCC1(CO)CCOCC1)[C@@H]1C[C@H]2CCCN2[C@]12C(=O)Nc1ccccc12. The maximum atomic E-state index is 13.5. The molecule has 0 aliphatic carbocycles. The summed E-state index contributed by atoms with van der Waals surface area (Å²) in [5.74, 6) is -0.580. The van der Waals surface area contributed by atoms with E-state index in [0.29, 0.717) is 26.2 Å². The van der Waals surface area contributed by atoms with Gasteiger partial charge >= 0.3 is 0 Å². The minimum absolute atomic E-state index is 0.0323. The van der Waals surface area contributed by atoms with Crippen LogP contribution in [0, 0.1) is 11.3 Å². The monoisotopic (exact) mass is 399 g/mol. The molecule has 7 heteroatoms. The van der Waals surface area contributed by atoms with Crippen LogP contribution in [0.4, 0.5) is 5.69 Å². The first-order valence-electron chi connectivity index (χ1n) is 10.7. The highest BCUT2D eigenvalue weighted by atomic mass is 16.5. The van der Waals surface area contributed by atoms with E-state index in [9.17, 15) is 14.7 Å². The molecule has 1 aromatic carbocycles. The van der Waals surface area contributed by atoms with Crippen molar-refractivity contribution in [2.75, 3.05) is 38.2 Å². The van der Waals surface area contributed by atoms with Crippen LogP contribution in [0.5, 0.6) is 0 Å². The molecule has 4 aliphatic rings. The summed E-state index contributed by atoms with van der Waals surface area (Å²) in [5.41, 5.74) is 0.506. The van der Waals surface area contributed by atoms with E-state index in [-0.39, 0.29) is 29.9 Å². The number of nitrogens with zero attached hydrogens (tertiary/aromatic N) is 1. The topological polar surface area (TPSA) is 90.9 Å². The molecule has 29 heavy (non-hydrogen) atoms. The van der Waals surface area contributed by atoms with Crippen molar-refractivity contribution in [3.63, 3.8) is 0 Å². The van der Waals surface area contributed by atoms with Gasteiger partial charge in [0.1, 0.15) is 5.54 Å². The van der Waals surface area contributed by atoms with Crippen LogP contribution >= 0.6 is 0 Å². The van der Waals surface area contributed by atoms with Gasteiger partial charge < -0.3 is 20.5 Å². The Labute approximate surface area is 170 Å². The van der Waals surface area contributed by atoms with Gasteiger partial charge in [-0.05, 0) is 44.7 Å². The molecule has 3 fully saturated rings. The van der Waals surface area contributed by atoms with Crippen LogP contribution < -0.4 is 10.6 Å². The second kappa shape index (κ2) is 7.07. The number of hydrogen-bond acceptors (Lipinski definition) is 5. The largest absolute Gasteiger partial charge is 0.396 e. The Balaban J connectivity index is 1.45. The van der Waals surface area contributed by atoms with Crippen molar-refractivity contribution < 1.29 is 19.4 Å². The molecule has 0 bridgehead atoms. The van der Waals surface area contributed by atoms with Crippen LogP contribution in [-0.2, 0) is 19.9 Å². The summed E-state index contributed by atoms with van der Waals surface area (Å²) in [5, 5.41) is 16.1. The number of nitrogens with one attached hydrogen (secondary N) is 2. The Morgan fingerprint density at radius 1 is 1.31 bits per heavy atom. The molecule has 5 rings (SSSR count). The van der Waals surface area contributed by atoms with Crippen LogP contribution in [0.2, 0.25) is 0 Å². The zero-order valence-corrected chi connectivity index (χ0v) is 16.7. The van der Waals surface area contributed by atoms with E-state index in [0.717, 1.165) is 43.5 Å². The minimum atomic E-state index is -0.913. The highest BCUT2D eigenvalue weighted by Crippen LogP contribution is 2.55. The van der Waals surface area contributed by atoms with E-state index in [2.05, 4.69) is 15.5 Å². The van der Waals surface area contributed by atoms with Crippen LogP contribution in [0.25, 0.3) is 0 Å². The summed E-state index contributed by atoms with van der Waals surface area (Å²) in [6.45, 7) is 2.51. The number of para-hydroxylation sites is 1. The third-order valence-electron chi connectivity index (χ3n) is 7.62. The van der Waals surface area contributed by atoms with E-state index in [1.807, 2.05) is 24.3 Å². The first-order chi connectivity index (χ1) is 14.1. The number of aliphatic hydroxyl groups is 1. The Hall–Kier alpha value is -1.96. The van der Waals surface area contributed by atoms with Gasteiger partial charge in [-0.1, -0.05) is 18.2 Å². The molecule has 3 N–H and O–H groups in total. The summed E-state index contributed by atoms with van der Waals surface area (Å²) in [6, 6.07) is 8.03. The molecule has 0 unspecified atom stereocenters. The zero-order chi connectivity index (χ0) is 20.1. The Morgan fingerprint density at radius 3 is 2.90 bits per heavy atom. The first-order valence-corrected chi connectivity index (χ1v) is 10.7. The van der Waals surface area contributed by atoms with Gasteiger partial charge in [-0.2, -0.15) is 0 Å². The fourth-order valence-corrected chi connectivity index (χ4v) is 5.97. The van der Waals surface area contributed by atoms with E-state index < -0.39 is 11.5 Å². The summed E-state index contributed by atoms with van der Waals surface area (Å²) >= 11 is 0. The van der Waals surface area contributed by atoms with Crippen LogP contribution in [0.1, 0.15) is 37.7 Å². The fraction of sp³-hybridized carbons (Fsp3) is 0.636. The van der Waals surface area contributed by atoms with Crippen molar-refractivity contribution in [1.82, 2.24) is 10.2 Å². The molecule has 3 saturated heterocycles. The van der Waals surface area contributed by atoms with E-state index in [4.69, 9.17) is 4.74 Å². The average Bonchev–Trinajstić information content (AvgIpc) is 3.41. The molecular weight excluding hydrogens is 370 g/mol. The third-order valence-corrected chi connectivity index (χ3v) is 7.62. The van der Waals surface area contributed by atoms with Crippen molar-refractivity contribution in [3.05, 3.63) is 29.8 Å². The number of amides is 2. The first kappa shape index (κ1) is 19.0. The fourth-order valence-electron chi connectivity index (χ4n) is 5.97. The number of rotatable bonds is 4. The predicted molar refractivity (Wildman–Crippen MR) is 107 cm³/mol. The molecule has 0 aromatic heterocycles. The average molecular weight is 399 g/mol. The molecule has 4 aliphatic heterocycles. The highest BCUT2D eigenvalue weighted by molar-refractivity contribution is 6.09. The lowest BCUT2D eigenvalue weighted by Crippen LogP contribution is -2.55. The molecule has 0 saturated carbocycles. The van der Waals surface area contributed by atoms with E-state index in [1.54, 1.807) is 0 Å². The Morgan fingerprint density at radius 2 is 2.10 bits per heavy atom. The van der Waals surface area contributed by atoms with E-state index in [1.165, 1.54) is 0 Å². The minimum Gasteiger partial charge on any atom is -0.396 e. The Kier molecular flexibility index (Phi) is 4.64. The highest BCUT2D eigenvalue weighted by Gasteiger charge is 2.65. The molecule has 4 heterocycles. The van der Waals surface area contributed by atoms with Gasteiger partial charge in [0, 0.05) is 42.5 Å². The van der Waals surface area contributed by atoms with Gasteiger partial charge in [0.15, 0.2) is 0 Å². The summed E-state index contributed by atoms with van der Waals surface area (Å²) < 4.78 is 5.43. The third kappa shape index (κ3) is 2.75. The molecule has 2 amide bonds. The number of aliphatic hydroxyl groups excluding tert-OH is 1. The predicted octanol–water partition coefficient (Wildman–Crippen LogP) is 1.22. The molecule has 7 nitrogen and oxygen atoms in total. The summed E-state index contributed by atoms with van der Waals surface area (Å²) in [6.07, 6.45) is 4.25. The number of carbonyl (C=O) groups excluding carboxylic acids is 2. The van der Waals surface area contributed by atoms with Gasteiger partial charge in [-0.25, -0.2) is 0 Å². The maximum absolute atomic E-state index is 13.5. The second-order valence-corrected chi connectivity index (χ2v) is 9.03. The molecular formula is C22H29N3O4. The smallest absolute Gasteiger partial charge is 0.250 e. The normalized spacial score (nSPS) is 32.8. The van der Waals surface area contributed by atoms with Gasteiger partial charge in [0.05, 0.1) is 12.5 Å². The van der Waals surface area contributed by atoms with Crippen molar-refractivity contribution in [3.8, 4) is 0 Å². The molecule has 1 spiro atoms. The van der Waals surface area contributed by atoms with Crippen LogP contribution in [0.15, 0.2) is 24.3 Å². The maximum Gasteiger partial charge on any atom is 0.250 e. The second-order valence-electron chi connectivity index (χ2n) is 9.03. The number of anilines is 1. The molecule has 3 atom stereocenters. The van der Waals surface area contributed by atoms with Crippen LogP contribution in [-0.4, -0.2) is 60.8 Å². The van der Waals surface area contributed by atoms with Crippen molar-refractivity contribution >= 4 is 17.5 Å². The number of carbonyl (C=O) groups is 2. The number of ether oxygens (including phenoxy) is 1. The number of hydrogen-bond donors (Lipinski definition) is 3. The molecule has 156 valence electrons.